The summed E-state index contributed by atoms with van der Waals surface area (Å²) in [6.07, 6.45) is 1.66. The lowest BCUT2D eigenvalue weighted by atomic mass is 9.69. The second kappa shape index (κ2) is 10.7. The molecule has 1 N–H and O–H groups in total. The first-order valence-corrected chi connectivity index (χ1v) is 11.5. The second-order valence-electron chi connectivity index (χ2n) is 8.14. The zero-order valence-electron chi connectivity index (χ0n) is 18.9. The molecule has 1 unspecified atom stereocenters. The van der Waals surface area contributed by atoms with E-state index in [1.807, 2.05) is 32.0 Å². The Kier molecular flexibility index (Phi) is 7.46. The average molecular weight is 433 g/mol. The molecule has 1 aliphatic carbocycles. The van der Waals surface area contributed by atoms with Crippen molar-refractivity contribution in [2.24, 2.45) is 0 Å². The van der Waals surface area contributed by atoms with E-state index >= 15 is 0 Å². The maximum Gasteiger partial charge on any atom is 0.191 e. The van der Waals surface area contributed by atoms with Crippen LogP contribution >= 0.6 is 0 Å². The molecular formula is C28H32O4. The van der Waals surface area contributed by atoms with E-state index in [2.05, 4.69) is 48.5 Å². The van der Waals surface area contributed by atoms with Crippen molar-refractivity contribution in [1.29, 1.82) is 0 Å². The SMILES string of the molecule is CCOC(COc1ccc(C2c3ccc(O)cc3CC[C@@H]2c2ccccc2)cc1)OCC. The molecule has 168 valence electrons. The van der Waals surface area contributed by atoms with Gasteiger partial charge in [-0.2, -0.15) is 0 Å². The molecule has 3 aromatic carbocycles. The van der Waals surface area contributed by atoms with Crippen LogP contribution in [0.25, 0.3) is 0 Å². The van der Waals surface area contributed by atoms with Gasteiger partial charge in [0.15, 0.2) is 6.29 Å². The van der Waals surface area contributed by atoms with Crippen LogP contribution in [0.4, 0.5) is 0 Å². The first-order chi connectivity index (χ1) is 15.7. The summed E-state index contributed by atoms with van der Waals surface area (Å²) in [7, 11) is 0. The van der Waals surface area contributed by atoms with Gasteiger partial charge in [0.05, 0.1) is 0 Å². The lowest BCUT2D eigenvalue weighted by molar-refractivity contribution is -0.152. The highest BCUT2D eigenvalue weighted by molar-refractivity contribution is 5.48. The molecule has 4 rings (SSSR count). The second-order valence-corrected chi connectivity index (χ2v) is 8.14. The number of phenolic OH excluding ortho intramolecular Hbond substituents is 1. The molecule has 0 aliphatic heterocycles. The Morgan fingerprint density at radius 2 is 1.59 bits per heavy atom. The van der Waals surface area contributed by atoms with Crippen molar-refractivity contribution in [3.63, 3.8) is 0 Å². The van der Waals surface area contributed by atoms with Crippen LogP contribution in [0.15, 0.2) is 72.8 Å². The summed E-state index contributed by atoms with van der Waals surface area (Å²) in [6.45, 7) is 5.44. The standard InChI is InChI=1S/C28H32O4/c1-3-30-27(31-4-2)19-32-24-14-10-21(11-15-24)28-25(20-8-6-5-7-9-20)16-12-22-18-23(29)13-17-26(22)28/h5-11,13-15,17-18,25,27-29H,3-4,12,16,19H2,1-2H3/t25-,28?/m1/s1. The third-order valence-corrected chi connectivity index (χ3v) is 6.15. The quantitative estimate of drug-likeness (QED) is 0.419. The number of hydrogen-bond donors (Lipinski definition) is 1. The molecule has 0 spiro atoms. The van der Waals surface area contributed by atoms with Crippen molar-refractivity contribution in [2.45, 2.75) is 44.8 Å². The van der Waals surface area contributed by atoms with E-state index in [0.717, 1.165) is 18.6 Å². The number of phenols is 1. The molecule has 0 heterocycles. The summed E-state index contributed by atoms with van der Waals surface area (Å²) < 4.78 is 17.1. The fourth-order valence-corrected chi connectivity index (χ4v) is 4.73. The number of hydrogen-bond acceptors (Lipinski definition) is 4. The van der Waals surface area contributed by atoms with Gasteiger partial charge in [-0.25, -0.2) is 0 Å². The molecule has 2 atom stereocenters. The highest BCUT2D eigenvalue weighted by Gasteiger charge is 2.32. The van der Waals surface area contributed by atoms with Crippen LogP contribution in [-0.2, 0) is 15.9 Å². The van der Waals surface area contributed by atoms with Crippen molar-refractivity contribution in [2.75, 3.05) is 19.8 Å². The minimum atomic E-state index is -0.356. The zero-order valence-corrected chi connectivity index (χ0v) is 18.9. The molecule has 4 heteroatoms. The number of ether oxygens (including phenoxy) is 3. The van der Waals surface area contributed by atoms with Crippen LogP contribution in [0.5, 0.6) is 11.5 Å². The molecule has 32 heavy (non-hydrogen) atoms. The first kappa shape index (κ1) is 22.4. The maximum absolute atomic E-state index is 10.0. The van der Waals surface area contributed by atoms with Gasteiger partial charge in [-0.15, -0.1) is 0 Å². The van der Waals surface area contributed by atoms with Gasteiger partial charge in [0.25, 0.3) is 0 Å². The Morgan fingerprint density at radius 3 is 2.28 bits per heavy atom. The fraction of sp³-hybridized carbons (Fsp3) is 0.357. The van der Waals surface area contributed by atoms with Gasteiger partial charge in [-0.05, 0) is 79.1 Å². The molecule has 0 radical (unpaired) electrons. The predicted molar refractivity (Wildman–Crippen MR) is 126 cm³/mol. The Labute approximate surface area is 190 Å². The largest absolute Gasteiger partial charge is 0.508 e. The van der Waals surface area contributed by atoms with Crippen LogP contribution in [-0.4, -0.2) is 31.2 Å². The van der Waals surface area contributed by atoms with Crippen molar-refractivity contribution >= 4 is 0 Å². The summed E-state index contributed by atoms with van der Waals surface area (Å²) >= 11 is 0. The molecule has 0 aromatic heterocycles. The first-order valence-electron chi connectivity index (χ1n) is 11.5. The lowest BCUT2D eigenvalue weighted by Crippen LogP contribution is -2.25. The van der Waals surface area contributed by atoms with E-state index in [1.165, 1.54) is 22.3 Å². The molecule has 0 saturated carbocycles. The van der Waals surface area contributed by atoms with E-state index in [0.29, 0.717) is 31.5 Å². The third kappa shape index (κ3) is 5.14. The molecule has 3 aromatic rings. The number of aromatic hydroxyl groups is 1. The van der Waals surface area contributed by atoms with E-state index < -0.39 is 0 Å². The Bertz CT molecular complexity index is 978. The zero-order chi connectivity index (χ0) is 22.3. The summed E-state index contributed by atoms with van der Waals surface area (Å²) in [5.74, 6) is 1.76. The summed E-state index contributed by atoms with van der Waals surface area (Å²) in [5, 5.41) is 10.0. The topological polar surface area (TPSA) is 47.9 Å². The van der Waals surface area contributed by atoms with Gasteiger partial charge in [0, 0.05) is 19.1 Å². The van der Waals surface area contributed by atoms with E-state index in [9.17, 15) is 5.11 Å². The van der Waals surface area contributed by atoms with Crippen LogP contribution in [0.2, 0.25) is 0 Å². The smallest absolute Gasteiger partial charge is 0.191 e. The minimum absolute atomic E-state index is 0.232. The molecule has 0 amide bonds. The van der Waals surface area contributed by atoms with Gasteiger partial charge < -0.3 is 19.3 Å². The summed E-state index contributed by atoms with van der Waals surface area (Å²) in [4.78, 5) is 0. The van der Waals surface area contributed by atoms with Gasteiger partial charge >= 0.3 is 0 Å². The van der Waals surface area contributed by atoms with Crippen molar-refractivity contribution in [3.05, 3.63) is 95.1 Å². The molecule has 0 saturated heterocycles. The van der Waals surface area contributed by atoms with Crippen LogP contribution in [0, 0.1) is 0 Å². The average Bonchev–Trinajstić information content (AvgIpc) is 2.83. The van der Waals surface area contributed by atoms with Crippen LogP contribution in [0.3, 0.4) is 0 Å². The maximum atomic E-state index is 10.0. The molecule has 0 fully saturated rings. The molecular weight excluding hydrogens is 400 g/mol. The van der Waals surface area contributed by atoms with Crippen LogP contribution < -0.4 is 4.74 Å². The highest BCUT2D eigenvalue weighted by Crippen LogP contribution is 2.47. The minimum Gasteiger partial charge on any atom is -0.508 e. The Morgan fingerprint density at radius 1 is 0.875 bits per heavy atom. The highest BCUT2D eigenvalue weighted by atomic mass is 16.7. The van der Waals surface area contributed by atoms with Crippen molar-refractivity contribution in [3.8, 4) is 11.5 Å². The Hall–Kier alpha value is -2.82. The number of fused-ring (bicyclic) bond motifs is 1. The number of rotatable bonds is 9. The van der Waals surface area contributed by atoms with E-state index in [-0.39, 0.29) is 12.2 Å². The number of aryl methyl sites for hydroxylation is 1. The van der Waals surface area contributed by atoms with Gasteiger partial charge in [-0.3, -0.25) is 0 Å². The Balaban J connectivity index is 1.59. The predicted octanol–water partition coefficient (Wildman–Crippen LogP) is 6.03. The monoisotopic (exact) mass is 432 g/mol. The molecule has 4 nitrogen and oxygen atoms in total. The van der Waals surface area contributed by atoms with Crippen molar-refractivity contribution < 1.29 is 19.3 Å². The lowest BCUT2D eigenvalue weighted by Gasteiger charge is -2.35. The van der Waals surface area contributed by atoms with Crippen LogP contribution in [0.1, 0.15) is 54.4 Å². The van der Waals surface area contributed by atoms with E-state index in [1.54, 1.807) is 6.07 Å². The number of benzene rings is 3. The molecule has 1 aliphatic rings. The van der Waals surface area contributed by atoms with E-state index in [4.69, 9.17) is 14.2 Å². The summed E-state index contributed by atoms with van der Waals surface area (Å²) in [6, 6.07) is 24.9. The molecule has 0 bridgehead atoms. The summed E-state index contributed by atoms with van der Waals surface area (Å²) in [5.41, 5.74) is 5.14. The third-order valence-electron chi connectivity index (χ3n) is 6.15. The van der Waals surface area contributed by atoms with Crippen molar-refractivity contribution in [1.82, 2.24) is 0 Å². The normalized spacial score (nSPS) is 17.8. The van der Waals surface area contributed by atoms with Gasteiger partial charge in [-0.1, -0.05) is 48.5 Å². The fourth-order valence-electron chi connectivity index (χ4n) is 4.73. The van der Waals surface area contributed by atoms with Gasteiger partial charge in [0.1, 0.15) is 18.1 Å². The van der Waals surface area contributed by atoms with Gasteiger partial charge in [0.2, 0.25) is 0 Å².